The molecule has 5 aliphatic rings. The molecule has 2 saturated carbocycles. The van der Waals surface area contributed by atoms with E-state index in [0.717, 1.165) is 25.6 Å². The van der Waals surface area contributed by atoms with Crippen LogP contribution in [0.4, 0.5) is 0 Å². The van der Waals surface area contributed by atoms with E-state index in [2.05, 4.69) is 33.4 Å². The predicted molar refractivity (Wildman–Crippen MR) is 97.0 cm³/mol. The van der Waals surface area contributed by atoms with Gasteiger partial charge in [-0.3, -0.25) is 0 Å². The first-order chi connectivity index (χ1) is 11.9. The normalized spacial score (nSPS) is 51.0. The molecule has 0 amide bonds. The number of hydrogen-bond acceptors (Lipinski definition) is 3. The zero-order valence-corrected chi connectivity index (χ0v) is 15.9. The number of hydrogen-bond donors (Lipinski definition) is 0. The third-order valence-electron chi connectivity index (χ3n) is 8.03. The maximum absolute atomic E-state index is 6.37. The van der Waals surface area contributed by atoms with Gasteiger partial charge >= 0.3 is 0 Å². The van der Waals surface area contributed by atoms with Crippen molar-refractivity contribution in [2.75, 3.05) is 13.2 Å². The van der Waals surface area contributed by atoms with Crippen molar-refractivity contribution in [2.45, 2.75) is 70.9 Å². The number of rotatable bonds is 0. The van der Waals surface area contributed by atoms with Gasteiger partial charge in [-0.25, -0.2) is 0 Å². The van der Waals surface area contributed by atoms with Crippen LogP contribution in [0.25, 0.3) is 0 Å². The summed E-state index contributed by atoms with van der Waals surface area (Å²) < 4.78 is 18.7. The Bertz CT molecular complexity index is 621. The molecule has 0 spiro atoms. The van der Waals surface area contributed by atoms with Crippen LogP contribution >= 0.6 is 0 Å². The van der Waals surface area contributed by atoms with Gasteiger partial charge in [0, 0.05) is 11.3 Å². The Morgan fingerprint density at radius 1 is 1.08 bits per heavy atom. The molecule has 0 radical (unpaired) electrons. The van der Waals surface area contributed by atoms with Gasteiger partial charge in [0.25, 0.3) is 0 Å². The summed E-state index contributed by atoms with van der Waals surface area (Å²) in [5, 5.41) is 0. The molecule has 0 aromatic carbocycles. The average Bonchev–Trinajstić information content (AvgIpc) is 2.96. The Kier molecular flexibility index (Phi) is 3.59. The van der Waals surface area contributed by atoms with Gasteiger partial charge in [-0.2, -0.15) is 0 Å². The highest BCUT2D eigenvalue weighted by Gasteiger charge is 2.57. The SMILES string of the molecule is C=C1CO[C@@H]2C3=CC[C@H]4[C@@H](CC[C@H]5OC(C)(C)OC[C@@]54C)[C@@H]3CC[C@H]12. The third-order valence-corrected chi connectivity index (χ3v) is 8.03. The van der Waals surface area contributed by atoms with Crippen LogP contribution in [0.5, 0.6) is 0 Å². The first-order valence-corrected chi connectivity index (χ1v) is 10.2. The molecular formula is C22H32O3. The summed E-state index contributed by atoms with van der Waals surface area (Å²) >= 11 is 0. The fraction of sp³-hybridized carbons (Fsp3) is 0.818. The van der Waals surface area contributed by atoms with Crippen LogP contribution < -0.4 is 0 Å². The van der Waals surface area contributed by atoms with E-state index in [1.807, 2.05) is 0 Å². The molecule has 4 fully saturated rings. The lowest BCUT2D eigenvalue weighted by Gasteiger charge is -2.59. The highest BCUT2D eigenvalue weighted by molar-refractivity contribution is 5.29. The summed E-state index contributed by atoms with van der Waals surface area (Å²) in [5.74, 6) is 2.31. The van der Waals surface area contributed by atoms with Crippen LogP contribution in [-0.4, -0.2) is 31.2 Å². The minimum atomic E-state index is -0.428. The standard InChI is InChI=1S/C22H32O3/c1-13-11-23-20-14(13)5-6-15-16-8-10-19-22(4,12-24-21(2,3)25-19)18(16)9-7-17(15)20/h7,14-16,18-20H,1,5-6,8-12H2,2-4H3/t14-,15+,16+,18+,19-,20+,22-/m1/s1. The molecule has 0 bridgehead atoms. The lowest BCUT2D eigenvalue weighted by molar-refractivity contribution is -0.336. The van der Waals surface area contributed by atoms with E-state index >= 15 is 0 Å². The first-order valence-electron chi connectivity index (χ1n) is 10.2. The van der Waals surface area contributed by atoms with Gasteiger partial charge in [0.1, 0.15) is 0 Å². The summed E-state index contributed by atoms with van der Waals surface area (Å²) in [7, 11) is 0. The maximum Gasteiger partial charge on any atom is 0.163 e. The van der Waals surface area contributed by atoms with Crippen LogP contribution in [0.15, 0.2) is 23.8 Å². The van der Waals surface area contributed by atoms with E-state index < -0.39 is 5.79 Å². The molecule has 3 aliphatic carbocycles. The summed E-state index contributed by atoms with van der Waals surface area (Å²) in [6.45, 7) is 12.4. The van der Waals surface area contributed by atoms with E-state index in [-0.39, 0.29) is 5.41 Å². The monoisotopic (exact) mass is 344 g/mol. The van der Waals surface area contributed by atoms with Gasteiger partial charge in [-0.05, 0) is 74.9 Å². The summed E-state index contributed by atoms with van der Waals surface area (Å²) in [6, 6.07) is 0. The molecule has 138 valence electrons. The summed E-state index contributed by atoms with van der Waals surface area (Å²) in [4.78, 5) is 0. The zero-order chi connectivity index (χ0) is 17.4. The van der Waals surface area contributed by atoms with Crippen LogP contribution in [-0.2, 0) is 14.2 Å². The van der Waals surface area contributed by atoms with Gasteiger partial charge in [0.2, 0.25) is 0 Å². The van der Waals surface area contributed by atoms with Crippen LogP contribution in [0.3, 0.4) is 0 Å². The van der Waals surface area contributed by atoms with Gasteiger partial charge in [0.05, 0.1) is 25.4 Å². The Hall–Kier alpha value is -0.640. The van der Waals surface area contributed by atoms with Crippen LogP contribution in [0, 0.1) is 29.1 Å². The summed E-state index contributed by atoms with van der Waals surface area (Å²) in [5.41, 5.74) is 3.08. The van der Waals surface area contributed by atoms with E-state index in [9.17, 15) is 0 Å². The smallest absolute Gasteiger partial charge is 0.163 e. The van der Waals surface area contributed by atoms with E-state index in [0.29, 0.717) is 30.0 Å². The fourth-order valence-corrected chi connectivity index (χ4v) is 6.67. The van der Waals surface area contributed by atoms with Crippen molar-refractivity contribution in [3.63, 3.8) is 0 Å². The third kappa shape index (κ3) is 2.35. The average molecular weight is 344 g/mol. The second-order valence-corrected chi connectivity index (χ2v) is 9.77. The van der Waals surface area contributed by atoms with E-state index in [1.54, 1.807) is 5.57 Å². The molecule has 7 atom stereocenters. The molecule has 0 aromatic rings. The van der Waals surface area contributed by atoms with Crippen molar-refractivity contribution < 1.29 is 14.2 Å². The molecule has 0 N–H and O–H groups in total. The topological polar surface area (TPSA) is 27.7 Å². The highest BCUT2D eigenvalue weighted by Crippen LogP contribution is 2.59. The summed E-state index contributed by atoms with van der Waals surface area (Å²) in [6.07, 6.45) is 9.41. The van der Waals surface area contributed by atoms with E-state index in [1.165, 1.54) is 31.3 Å². The highest BCUT2D eigenvalue weighted by atomic mass is 16.7. The molecule has 3 nitrogen and oxygen atoms in total. The Balaban J connectivity index is 1.44. The number of allylic oxidation sites excluding steroid dienone is 1. The molecule has 2 aliphatic heterocycles. The second kappa shape index (κ2) is 5.43. The van der Waals surface area contributed by atoms with Crippen molar-refractivity contribution in [1.29, 1.82) is 0 Å². The van der Waals surface area contributed by atoms with Gasteiger partial charge in [-0.1, -0.05) is 19.6 Å². The van der Waals surface area contributed by atoms with Crippen molar-refractivity contribution in [1.82, 2.24) is 0 Å². The number of ether oxygens (including phenoxy) is 3. The molecule has 3 heteroatoms. The van der Waals surface area contributed by atoms with Crippen molar-refractivity contribution in [3.05, 3.63) is 23.8 Å². The molecule has 25 heavy (non-hydrogen) atoms. The molecule has 2 saturated heterocycles. The lowest BCUT2D eigenvalue weighted by Crippen LogP contribution is -2.60. The Morgan fingerprint density at radius 3 is 2.72 bits per heavy atom. The van der Waals surface area contributed by atoms with Gasteiger partial charge in [-0.15, -0.1) is 0 Å². The minimum absolute atomic E-state index is 0.150. The van der Waals surface area contributed by atoms with Gasteiger partial charge < -0.3 is 14.2 Å². The quantitative estimate of drug-likeness (QED) is 0.606. The largest absolute Gasteiger partial charge is 0.369 e. The molecule has 0 aromatic heterocycles. The van der Waals surface area contributed by atoms with Crippen molar-refractivity contribution in [2.24, 2.45) is 29.1 Å². The Labute approximate surface area is 151 Å². The molecular weight excluding hydrogens is 312 g/mol. The second-order valence-electron chi connectivity index (χ2n) is 9.77. The molecule has 0 unspecified atom stereocenters. The van der Waals surface area contributed by atoms with Crippen LogP contribution in [0.2, 0.25) is 0 Å². The number of fused-ring (bicyclic) bond motifs is 7. The van der Waals surface area contributed by atoms with Gasteiger partial charge in [0.15, 0.2) is 5.79 Å². The Morgan fingerprint density at radius 2 is 1.88 bits per heavy atom. The predicted octanol–water partition coefficient (Wildman–Crippen LogP) is 4.48. The molecule has 2 heterocycles. The molecule has 5 rings (SSSR count). The van der Waals surface area contributed by atoms with Crippen LogP contribution in [0.1, 0.15) is 52.9 Å². The minimum Gasteiger partial charge on any atom is -0.369 e. The lowest BCUT2D eigenvalue weighted by atomic mass is 9.52. The fourth-order valence-electron chi connectivity index (χ4n) is 6.67. The van der Waals surface area contributed by atoms with Crippen molar-refractivity contribution in [3.8, 4) is 0 Å². The zero-order valence-electron chi connectivity index (χ0n) is 15.9. The first kappa shape index (κ1) is 16.5. The maximum atomic E-state index is 6.37. The van der Waals surface area contributed by atoms with Crippen molar-refractivity contribution >= 4 is 0 Å². The van der Waals surface area contributed by atoms with E-state index in [4.69, 9.17) is 14.2 Å².